The fourth-order valence-corrected chi connectivity index (χ4v) is 2.15. The van der Waals surface area contributed by atoms with Gasteiger partial charge in [0.05, 0.1) is 11.6 Å². The van der Waals surface area contributed by atoms with E-state index < -0.39 is 0 Å². The Morgan fingerprint density at radius 1 is 1.50 bits per heavy atom. The van der Waals surface area contributed by atoms with Gasteiger partial charge in [-0.1, -0.05) is 11.6 Å². The van der Waals surface area contributed by atoms with E-state index in [4.69, 9.17) is 27.9 Å². The number of aromatic nitrogens is 1. The van der Waals surface area contributed by atoms with Crippen molar-refractivity contribution in [1.29, 1.82) is 0 Å². The number of ether oxygens (including phenoxy) is 1. The fourth-order valence-electron chi connectivity index (χ4n) is 1.67. The number of likely N-dealkylation sites (N-methyl/N-ethyl adjacent to an activating group) is 1. The lowest BCUT2D eigenvalue weighted by molar-refractivity contribution is 0.131. The summed E-state index contributed by atoms with van der Waals surface area (Å²) >= 11 is 11.9. The zero-order valence-corrected chi connectivity index (χ0v) is 12.0. The van der Waals surface area contributed by atoms with Crippen molar-refractivity contribution < 1.29 is 4.74 Å². The van der Waals surface area contributed by atoms with E-state index >= 15 is 0 Å². The van der Waals surface area contributed by atoms with Crippen molar-refractivity contribution >= 4 is 29.0 Å². The lowest BCUT2D eigenvalue weighted by Crippen LogP contribution is -2.24. The van der Waals surface area contributed by atoms with Gasteiger partial charge in [-0.25, -0.2) is 4.98 Å². The molecule has 1 saturated carbocycles. The highest BCUT2D eigenvalue weighted by molar-refractivity contribution is 6.33. The topological polar surface area (TPSA) is 25.4 Å². The molecule has 1 aromatic rings. The van der Waals surface area contributed by atoms with Crippen molar-refractivity contribution in [2.75, 3.05) is 31.7 Å². The predicted octanol–water partition coefficient (Wildman–Crippen LogP) is 3.34. The molecule has 1 aliphatic rings. The van der Waals surface area contributed by atoms with Gasteiger partial charge in [-0.05, 0) is 30.4 Å². The summed E-state index contributed by atoms with van der Waals surface area (Å²) < 4.78 is 5.60. The number of pyridine rings is 1. The first-order chi connectivity index (χ1) is 8.70. The third-order valence-corrected chi connectivity index (χ3v) is 3.60. The monoisotopic (exact) mass is 288 g/mol. The molecule has 0 saturated heterocycles. The van der Waals surface area contributed by atoms with Gasteiger partial charge < -0.3 is 9.64 Å². The van der Waals surface area contributed by atoms with Crippen molar-refractivity contribution in [2.24, 2.45) is 5.92 Å². The van der Waals surface area contributed by atoms with Gasteiger partial charge in [0.15, 0.2) is 0 Å². The smallest absolute Gasteiger partial charge is 0.147 e. The van der Waals surface area contributed by atoms with Crippen molar-refractivity contribution in [3.8, 4) is 0 Å². The van der Waals surface area contributed by atoms with Crippen LogP contribution in [0, 0.1) is 5.92 Å². The van der Waals surface area contributed by atoms with Crippen molar-refractivity contribution in [3.63, 3.8) is 0 Å². The second-order valence-corrected chi connectivity index (χ2v) is 5.40. The molecule has 1 fully saturated rings. The molecular weight excluding hydrogens is 271 g/mol. The zero-order chi connectivity index (χ0) is 13.0. The normalized spacial score (nSPS) is 14.8. The first-order valence-corrected chi connectivity index (χ1v) is 7.11. The van der Waals surface area contributed by atoms with Crippen LogP contribution in [0.4, 0.5) is 5.82 Å². The average molecular weight is 289 g/mol. The molecule has 5 heteroatoms. The molecule has 0 aromatic carbocycles. The molecule has 0 unspecified atom stereocenters. The van der Waals surface area contributed by atoms with Gasteiger partial charge in [-0.2, -0.15) is 0 Å². The largest absolute Gasteiger partial charge is 0.379 e. The van der Waals surface area contributed by atoms with Crippen LogP contribution in [0.3, 0.4) is 0 Å². The maximum Gasteiger partial charge on any atom is 0.147 e. The highest BCUT2D eigenvalue weighted by atomic mass is 35.5. The van der Waals surface area contributed by atoms with E-state index in [1.165, 1.54) is 12.8 Å². The maximum atomic E-state index is 6.17. The molecule has 0 radical (unpaired) electrons. The Bertz CT molecular complexity index is 397. The Balaban J connectivity index is 1.81. The highest BCUT2D eigenvalue weighted by Crippen LogP contribution is 2.28. The summed E-state index contributed by atoms with van der Waals surface area (Å²) in [4.78, 5) is 6.34. The minimum atomic E-state index is 0.432. The molecule has 1 aromatic heterocycles. The van der Waals surface area contributed by atoms with Gasteiger partial charge in [0.25, 0.3) is 0 Å². The first kappa shape index (κ1) is 13.9. The fraction of sp³-hybridized carbons (Fsp3) is 0.615. The van der Waals surface area contributed by atoms with Crippen LogP contribution >= 0.6 is 23.2 Å². The van der Waals surface area contributed by atoms with Gasteiger partial charge >= 0.3 is 0 Å². The molecule has 100 valence electrons. The Morgan fingerprint density at radius 2 is 2.28 bits per heavy atom. The molecule has 0 bridgehead atoms. The van der Waals surface area contributed by atoms with Crippen molar-refractivity contribution in [3.05, 3.63) is 22.8 Å². The zero-order valence-electron chi connectivity index (χ0n) is 10.5. The van der Waals surface area contributed by atoms with E-state index in [1.807, 2.05) is 18.0 Å². The van der Waals surface area contributed by atoms with E-state index in [2.05, 4.69) is 4.98 Å². The lowest BCUT2D eigenvalue weighted by atomic mass is 10.3. The Kier molecular flexibility index (Phi) is 5.10. The van der Waals surface area contributed by atoms with Crippen LogP contribution in [-0.2, 0) is 10.6 Å². The van der Waals surface area contributed by atoms with Crippen LogP contribution in [0.2, 0.25) is 5.02 Å². The lowest BCUT2D eigenvalue weighted by Gasteiger charge is -2.19. The van der Waals surface area contributed by atoms with Crippen LogP contribution in [0.15, 0.2) is 12.3 Å². The number of anilines is 1. The summed E-state index contributed by atoms with van der Waals surface area (Å²) in [7, 11) is 1.97. The maximum absolute atomic E-state index is 6.17. The molecule has 1 heterocycles. The van der Waals surface area contributed by atoms with E-state index in [1.54, 1.807) is 6.20 Å². The van der Waals surface area contributed by atoms with Crippen LogP contribution in [-0.4, -0.2) is 31.8 Å². The molecule has 0 atom stereocenters. The molecule has 0 amide bonds. The molecule has 3 nitrogen and oxygen atoms in total. The van der Waals surface area contributed by atoms with Gasteiger partial charge in [0.1, 0.15) is 5.82 Å². The summed E-state index contributed by atoms with van der Waals surface area (Å²) in [5.41, 5.74) is 0.934. The predicted molar refractivity (Wildman–Crippen MR) is 75.6 cm³/mol. The first-order valence-electron chi connectivity index (χ1n) is 6.20. The van der Waals surface area contributed by atoms with Gasteiger partial charge in [-0.15, -0.1) is 11.6 Å². The van der Waals surface area contributed by atoms with E-state index in [-0.39, 0.29) is 0 Å². The minimum absolute atomic E-state index is 0.432. The van der Waals surface area contributed by atoms with Crippen molar-refractivity contribution in [2.45, 2.75) is 18.7 Å². The number of rotatable bonds is 7. The molecule has 2 rings (SSSR count). The third-order valence-electron chi connectivity index (χ3n) is 3.02. The Hall–Kier alpha value is -0.510. The molecule has 18 heavy (non-hydrogen) atoms. The molecule has 0 N–H and O–H groups in total. The summed E-state index contributed by atoms with van der Waals surface area (Å²) in [5, 5.41) is 0.637. The number of halogens is 2. The van der Waals surface area contributed by atoms with Gasteiger partial charge in [0.2, 0.25) is 0 Å². The van der Waals surface area contributed by atoms with Crippen LogP contribution in [0.1, 0.15) is 18.4 Å². The van der Waals surface area contributed by atoms with E-state index in [0.29, 0.717) is 17.5 Å². The highest BCUT2D eigenvalue weighted by Gasteiger charge is 2.21. The van der Waals surface area contributed by atoms with Crippen LogP contribution in [0.5, 0.6) is 0 Å². The van der Waals surface area contributed by atoms with Gasteiger partial charge in [-0.3, -0.25) is 0 Å². The number of hydrogen-bond donors (Lipinski definition) is 0. The summed E-state index contributed by atoms with van der Waals surface area (Å²) in [6, 6.07) is 1.86. The Labute approximate surface area is 118 Å². The minimum Gasteiger partial charge on any atom is -0.379 e. The summed E-state index contributed by atoms with van der Waals surface area (Å²) in [6.07, 6.45) is 4.40. The standard InChI is InChI=1S/C13H18Cl2N2O/c1-17(4-5-18-9-10-2-3-10)13-12(15)6-11(7-14)8-16-13/h6,8,10H,2-5,7,9H2,1H3. The van der Waals surface area contributed by atoms with Crippen molar-refractivity contribution in [1.82, 2.24) is 4.98 Å². The quantitative estimate of drug-likeness (QED) is 0.568. The second kappa shape index (κ2) is 6.60. The third kappa shape index (κ3) is 4.01. The van der Waals surface area contributed by atoms with E-state index in [0.717, 1.165) is 30.5 Å². The number of hydrogen-bond acceptors (Lipinski definition) is 3. The van der Waals surface area contributed by atoms with Gasteiger partial charge in [0, 0.05) is 32.3 Å². The van der Waals surface area contributed by atoms with Crippen LogP contribution in [0.25, 0.3) is 0 Å². The molecular formula is C13H18Cl2N2O. The molecule has 0 spiro atoms. The molecule has 0 aliphatic heterocycles. The summed E-state index contributed by atoms with van der Waals surface area (Å²) in [6.45, 7) is 2.39. The average Bonchev–Trinajstić information content (AvgIpc) is 3.18. The van der Waals surface area contributed by atoms with Crippen LogP contribution < -0.4 is 4.90 Å². The Morgan fingerprint density at radius 3 is 2.89 bits per heavy atom. The number of alkyl halides is 1. The summed E-state index contributed by atoms with van der Waals surface area (Å²) in [5.74, 6) is 2.02. The second-order valence-electron chi connectivity index (χ2n) is 4.72. The van der Waals surface area contributed by atoms with E-state index in [9.17, 15) is 0 Å². The number of nitrogens with zero attached hydrogens (tertiary/aromatic N) is 2. The molecule has 1 aliphatic carbocycles. The SMILES string of the molecule is CN(CCOCC1CC1)c1ncc(CCl)cc1Cl.